The molecule has 0 amide bonds. The van der Waals surface area contributed by atoms with Crippen LogP contribution < -0.4 is 0 Å². The van der Waals surface area contributed by atoms with Crippen LogP contribution in [0.5, 0.6) is 0 Å². The number of benzene rings is 2. The van der Waals surface area contributed by atoms with E-state index in [1.54, 1.807) is 0 Å². The summed E-state index contributed by atoms with van der Waals surface area (Å²) in [4.78, 5) is 18.6. The summed E-state index contributed by atoms with van der Waals surface area (Å²) in [5.41, 5.74) is 4.35. The van der Waals surface area contributed by atoms with Crippen LogP contribution >= 0.6 is 0 Å². The zero-order valence-electron chi connectivity index (χ0n) is 13.0. The second kappa shape index (κ2) is 7.09. The first kappa shape index (κ1) is 15.3. The van der Waals surface area contributed by atoms with Gasteiger partial charge in [-0.15, -0.1) is 0 Å². The average Bonchev–Trinajstić information content (AvgIpc) is 2.98. The Morgan fingerprint density at radius 1 is 1.00 bits per heavy atom. The quantitative estimate of drug-likeness (QED) is 0.635. The second-order valence-corrected chi connectivity index (χ2v) is 5.71. The third-order valence-electron chi connectivity index (χ3n) is 3.95. The van der Waals surface area contributed by atoms with Gasteiger partial charge < -0.3 is 10.1 Å². The number of carboxylic acids is 1. The number of fused-ring (bicyclic) bond motifs is 1. The molecule has 0 atom stereocenters. The molecule has 118 valence electrons. The van der Waals surface area contributed by atoms with Crippen molar-refractivity contribution in [1.29, 1.82) is 0 Å². The van der Waals surface area contributed by atoms with Crippen LogP contribution in [0.4, 0.5) is 0 Å². The molecular weight excluding hydrogens is 288 g/mol. The molecule has 1 aromatic heterocycles. The Morgan fingerprint density at radius 2 is 1.83 bits per heavy atom. The van der Waals surface area contributed by atoms with Gasteiger partial charge in [0.1, 0.15) is 5.82 Å². The molecule has 3 aromatic rings. The van der Waals surface area contributed by atoms with Gasteiger partial charge in [0.15, 0.2) is 0 Å². The van der Waals surface area contributed by atoms with Gasteiger partial charge in [-0.1, -0.05) is 48.9 Å². The van der Waals surface area contributed by atoms with Crippen molar-refractivity contribution in [3.63, 3.8) is 0 Å². The standard InChI is InChI=1S/C19H20N2O2/c22-18(23)13-6-2-5-12-17-20-16-11-7-10-15(19(16)21-17)14-8-3-1-4-9-14/h1,3-4,7-11H,2,5-6,12-13H2,(H,20,21)(H,22,23). The van der Waals surface area contributed by atoms with E-state index in [0.717, 1.165) is 53.7 Å². The molecule has 3 rings (SSSR count). The number of aliphatic carboxylic acids is 1. The average molecular weight is 308 g/mol. The molecule has 2 aromatic carbocycles. The number of carboxylic acid groups (broad SMARTS) is 1. The molecular formula is C19H20N2O2. The predicted octanol–water partition coefficient (Wildman–Crippen LogP) is 4.42. The highest BCUT2D eigenvalue weighted by atomic mass is 16.4. The molecule has 23 heavy (non-hydrogen) atoms. The largest absolute Gasteiger partial charge is 0.481 e. The fraction of sp³-hybridized carbons (Fsp3) is 0.263. The molecule has 0 spiro atoms. The van der Waals surface area contributed by atoms with E-state index in [0.29, 0.717) is 0 Å². The van der Waals surface area contributed by atoms with Crippen LogP contribution in [0.15, 0.2) is 48.5 Å². The van der Waals surface area contributed by atoms with Gasteiger partial charge in [0.05, 0.1) is 11.0 Å². The van der Waals surface area contributed by atoms with Gasteiger partial charge in [-0.2, -0.15) is 0 Å². The van der Waals surface area contributed by atoms with E-state index < -0.39 is 5.97 Å². The number of aromatic nitrogens is 2. The highest BCUT2D eigenvalue weighted by Crippen LogP contribution is 2.27. The molecule has 2 N–H and O–H groups in total. The number of para-hydroxylation sites is 1. The molecule has 0 saturated heterocycles. The number of H-pyrrole nitrogens is 1. The number of carbonyl (C=O) groups is 1. The minimum atomic E-state index is -0.721. The van der Waals surface area contributed by atoms with Gasteiger partial charge >= 0.3 is 5.97 Å². The Balaban J connectivity index is 1.73. The summed E-state index contributed by atoms with van der Waals surface area (Å²) in [6, 6.07) is 16.4. The first-order valence-electron chi connectivity index (χ1n) is 7.99. The topological polar surface area (TPSA) is 66.0 Å². The summed E-state index contributed by atoms with van der Waals surface area (Å²) in [6.45, 7) is 0. The highest BCUT2D eigenvalue weighted by Gasteiger charge is 2.08. The maximum Gasteiger partial charge on any atom is 0.303 e. The number of aryl methyl sites for hydroxylation is 1. The lowest BCUT2D eigenvalue weighted by Gasteiger charge is -2.01. The van der Waals surface area contributed by atoms with E-state index in [-0.39, 0.29) is 6.42 Å². The smallest absolute Gasteiger partial charge is 0.303 e. The monoisotopic (exact) mass is 308 g/mol. The van der Waals surface area contributed by atoms with E-state index in [1.807, 2.05) is 30.3 Å². The maximum atomic E-state index is 10.5. The molecule has 0 radical (unpaired) electrons. The summed E-state index contributed by atoms with van der Waals surface area (Å²) in [5.74, 6) is 0.250. The number of rotatable bonds is 7. The molecule has 0 fully saturated rings. The van der Waals surface area contributed by atoms with E-state index in [2.05, 4.69) is 23.2 Å². The van der Waals surface area contributed by atoms with Crippen LogP contribution in [0, 0.1) is 0 Å². The van der Waals surface area contributed by atoms with E-state index in [4.69, 9.17) is 10.1 Å². The van der Waals surface area contributed by atoms with Gasteiger partial charge in [-0.05, 0) is 24.5 Å². The third kappa shape index (κ3) is 3.77. The number of hydrogen-bond acceptors (Lipinski definition) is 2. The number of aromatic amines is 1. The van der Waals surface area contributed by atoms with E-state index >= 15 is 0 Å². The zero-order chi connectivity index (χ0) is 16.1. The number of hydrogen-bond donors (Lipinski definition) is 2. The Kier molecular flexibility index (Phi) is 4.71. The van der Waals surface area contributed by atoms with Crippen LogP contribution in [0.25, 0.3) is 22.2 Å². The minimum Gasteiger partial charge on any atom is -0.481 e. The molecule has 4 heteroatoms. The lowest BCUT2D eigenvalue weighted by molar-refractivity contribution is -0.137. The van der Waals surface area contributed by atoms with Gasteiger partial charge in [-0.25, -0.2) is 4.98 Å². The van der Waals surface area contributed by atoms with Crippen molar-refractivity contribution in [1.82, 2.24) is 9.97 Å². The highest BCUT2D eigenvalue weighted by molar-refractivity contribution is 5.91. The molecule has 0 saturated carbocycles. The van der Waals surface area contributed by atoms with Crippen molar-refractivity contribution in [3.05, 3.63) is 54.4 Å². The van der Waals surface area contributed by atoms with E-state index in [9.17, 15) is 4.79 Å². The number of imidazole rings is 1. The van der Waals surface area contributed by atoms with Crippen molar-refractivity contribution in [3.8, 4) is 11.1 Å². The van der Waals surface area contributed by atoms with Crippen LogP contribution in [-0.4, -0.2) is 21.0 Å². The Labute approximate surface area is 135 Å². The minimum absolute atomic E-state index is 0.248. The summed E-state index contributed by atoms with van der Waals surface area (Å²) in [7, 11) is 0. The van der Waals surface area contributed by atoms with Crippen LogP contribution in [0.3, 0.4) is 0 Å². The van der Waals surface area contributed by atoms with Crippen molar-refractivity contribution in [2.45, 2.75) is 32.1 Å². The summed E-state index contributed by atoms with van der Waals surface area (Å²) in [5, 5.41) is 8.65. The summed E-state index contributed by atoms with van der Waals surface area (Å²) < 4.78 is 0. The van der Waals surface area contributed by atoms with Crippen molar-refractivity contribution < 1.29 is 9.90 Å². The first-order valence-corrected chi connectivity index (χ1v) is 7.99. The maximum absolute atomic E-state index is 10.5. The summed E-state index contributed by atoms with van der Waals surface area (Å²) in [6.07, 6.45) is 3.69. The second-order valence-electron chi connectivity index (χ2n) is 5.71. The zero-order valence-corrected chi connectivity index (χ0v) is 13.0. The van der Waals surface area contributed by atoms with Crippen molar-refractivity contribution >= 4 is 17.0 Å². The van der Waals surface area contributed by atoms with Crippen molar-refractivity contribution in [2.75, 3.05) is 0 Å². The Bertz CT molecular complexity index is 793. The van der Waals surface area contributed by atoms with E-state index in [1.165, 1.54) is 0 Å². The SMILES string of the molecule is O=C(O)CCCCCc1nc2c(-c3ccccc3)cccc2[nH]1. The van der Waals surface area contributed by atoms with Crippen molar-refractivity contribution in [2.24, 2.45) is 0 Å². The van der Waals surface area contributed by atoms with Gasteiger partial charge in [0.2, 0.25) is 0 Å². The lowest BCUT2D eigenvalue weighted by Crippen LogP contribution is -1.94. The molecule has 0 unspecified atom stereocenters. The Morgan fingerprint density at radius 3 is 2.61 bits per heavy atom. The van der Waals surface area contributed by atoms with Gasteiger partial charge in [0.25, 0.3) is 0 Å². The molecule has 0 aliphatic rings. The predicted molar refractivity (Wildman–Crippen MR) is 91.3 cm³/mol. The Hall–Kier alpha value is -2.62. The number of nitrogens with one attached hydrogen (secondary N) is 1. The molecule has 0 aliphatic heterocycles. The first-order chi connectivity index (χ1) is 11.2. The third-order valence-corrected chi connectivity index (χ3v) is 3.95. The van der Waals surface area contributed by atoms with Gasteiger partial charge in [0, 0.05) is 18.4 Å². The summed E-state index contributed by atoms with van der Waals surface area (Å²) >= 11 is 0. The molecule has 1 heterocycles. The van der Waals surface area contributed by atoms with Crippen LogP contribution in [0.2, 0.25) is 0 Å². The van der Waals surface area contributed by atoms with Crippen LogP contribution in [0.1, 0.15) is 31.5 Å². The normalized spacial score (nSPS) is 11.0. The number of nitrogens with zero attached hydrogens (tertiary/aromatic N) is 1. The fourth-order valence-electron chi connectivity index (χ4n) is 2.80. The van der Waals surface area contributed by atoms with Gasteiger partial charge in [-0.3, -0.25) is 4.79 Å². The fourth-order valence-corrected chi connectivity index (χ4v) is 2.80. The number of unbranched alkanes of at least 4 members (excludes halogenated alkanes) is 2. The van der Waals surface area contributed by atoms with Crippen LogP contribution in [-0.2, 0) is 11.2 Å². The lowest BCUT2D eigenvalue weighted by atomic mass is 10.0. The molecule has 0 aliphatic carbocycles. The molecule has 4 nitrogen and oxygen atoms in total. The molecule has 0 bridgehead atoms.